The smallest absolute Gasteiger partial charge is 0.220 e. The number of benzene rings is 2. The molecule has 35 heavy (non-hydrogen) atoms. The number of aryl methyl sites for hydroxylation is 3. The second-order valence-corrected chi connectivity index (χ2v) is 10.8. The van der Waals surface area contributed by atoms with Crippen LogP contribution in [0.25, 0.3) is 0 Å². The van der Waals surface area contributed by atoms with Gasteiger partial charge in [-0.3, -0.25) is 4.79 Å². The number of carbonyl (C=O) groups is 1. The zero-order valence-electron chi connectivity index (χ0n) is 21.5. The summed E-state index contributed by atoms with van der Waals surface area (Å²) in [6, 6.07) is 10.4. The highest BCUT2D eigenvalue weighted by atomic mass is 16.5. The van der Waals surface area contributed by atoms with Crippen molar-refractivity contribution in [1.29, 1.82) is 0 Å². The Kier molecular flexibility index (Phi) is 6.95. The first kappa shape index (κ1) is 24.0. The van der Waals surface area contributed by atoms with Gasteiger partial charge in [-0.1, -0.05) is 29.8 Å². The van der Waals surface area contributed by atoms with Gasteiger partial charge in [0.1, 0.15) is 11.4 Å². The second kappa shape index (κ2) is 10.1. The molecule has 188 valence electrons. The lowest BCUT2D eigenvalue weighted by Gasteiger charge is -2.48. The Bertz CT molecular complexity index is 1070. The highest BCUT2D eigenvalue weighted by Gasteiger charge is 2.46. The summed E-state index contributed by atoms with van der Waals surface area (Å²) in [6.45, 7) is 4.22. The molecule has 5 rings (SSSR count). The van der Waals surface area contributed by atoms with Crippen LogP contribution in [0.5, 0.6) is 17.2 Å². The molecule has 2 saturated carbocycles. The molecule has 2 aromatic carbocycles. The first-order valence-electron chi connectivity index (χ1n) is 13.4. The first-order chi connectivity index (χ1) is 17.0. The normalized spacial score (nSPS) is 20.6. The number of nitrogens with one attached hydrogen (secondary N) is 1. The van der Waals surface area contributed by atoms with E-state index in [1.165, 1.54) is 24.8 Å². The van der Waals surface area contributed by atoms with E-state index in [0.29, 0.717) is 6.42 Å². The summed E-state index contributed by atoms with van der Waals surface area (Å²) in [5, 5.41) is 3.36. The molecule has 1 heterocycles. The van der Waals surface area contributed by atoms with Gasteiger partial charge in [0.2, 0.25) is 5.91 Å². The molecule has 0 aromatic heterocycles. The van der Waals surface area contributed by atoms with Gasteiger partial charge >= 0.3 is 0 Å². The molecule has 1 spiro atoms. The molecule has 1 atom stereocenters. The Balaban J connectivity index is 1.23. The molecule has 0 saturated heterocycles. The summed E-state index contributed by atoms with van der Waals surface area (Å²) >= 11 is 0. The molecule has 2 aromatic rings. The van der Waals surface area contributed by atoms with Gasteiger partial charge < -0.3 is 19.5 Å². The predicted octanol–water partition coefficient (Wildman–Crippen LogP) is 6.52. The minimum Gasteiger partial charge on any atom is -0.493 e. The lowest BCUT2D eigenvalue weighted by molar-refractivity contribution is -0.123. The Morgan fingerprint density at radius 2 is 1.94 bits per heavy atom. The van der Waals surface area contributed by atoms with Gasteiger partial charge in [0.05, 0.1) is 19.3 Å². The van der Waals surface area contributed by atoms with Crippen LogP contribution in [0.4, 0.5) is 0 Å². The van der Waals surface area contributed by atoms with Crippen LogP contribution in [0.1, 0.15) is 92.5 Å². The SMILES string of the molecule is COc1cccc(CCCC(=O)NC2CC3(CCC3)Oc3c(C)cc(C)cc32)c1OC1CCCC1. The van der Waals surface area contributed by atoms with E-state index in [4.69, 9.17) is 14.2 Å². The van der Waals surface area contributed by atoms with E-state index in [1.54, 1.807) is 7.11 Å². The van der Waals surface area contributed by atoms with Crippen molar-refractivity contribution in [3.8, 4) is 17.2 Å². The Morgan fingerprint density at radius 3 is 2.66 bits per heavy atom. The van der Waals surface area contributed by atoms with Crippen LogP contribution in [-0.4, -0.2) is 24.7 Å². The van der Waals surface area contributed by atoms with Crippen molar-refractivity contribution in [2.24, 2.45) is 0 Å². The minimum atomic E-state index is -0.0992. The summed E-state index contributed by atoms with van der Waals surface area (Å²) < 4.78 is 18.5. The third-order valence-corrected chi connectivity index (χ3v) is 8.03. The average molecular weight is 478 g/mol. The number of hydrogen-bond donors (Lipinski definition) is 1. The first-order valence-corrected chi connectivity index (χ1v) is 13.4. The van der Waals surface area contributed by atoms with Crippen molar-refractivity contribution in [1.82, 2.24) is 5.32 Å². The summed E-state index contributed by atoms with van der Waals surface area (Å²) in [6.07, 6.45) is 11.2. The summed E-state index contributed by atoms with van der Waals surface area (Å²) in [5.74, 6) is 2.74. The van der Waals surface area contributed by atoms with Crippen molar-refractivity contribution in [3.05, 3.63) is 52.6 Å². The van der Waals surface area contributed by atoms with E-state index in [1.807, 2.05) is 12.1 Å². The van der Waals surface area contributed by atoms with Crippen molar-refractivity contribution in [2.75, 3.05) is 7.11 Å². The summed E-state index contributed by atoms with van der Waals surface area (Å²) in [4.78, 5) is 13.1. The van der Waals surface area contributed by atoms with E-state index >= 15 is 0 Å². The van der Waals surface area contributed by atoms with Crippen LogP contribution in [0.15, 0.2) is 30.3 Å². The number of para-hydroxylation sites is 1. The molecule has 5 nitrogen and oxygen atoms in total. The molecule has 2 aliphatic carbocycles. The Morgan fingerprint density at radius 1 is 1.14 bits per heavy atom. The number of hydrogen-bond acceptors (Lipinski definition) is 4. The molecule has 0 radical (unpaired) electrons. The fraction of sp³-hybridized carbons (Fsp3) is 0.567. The third kappa shape index (κ3) is 5.14. The van der Waals surface area contributed by atoms with E-state index in [2.05, 4.69) is 37.4 Å². The van der Waals surface area contributed by atoms with Crippen LogP contribution in [0.2, 0.25) is 0 Å². The van der Waals surface area contributed by atoms with Crippen LogP contribution in [0.3, 0.4) is 0 Å². The highest BCUT2D eigenvalue weighted by molar-refractivity contribution is 5.76. The van der Waals surface area contributed by atoms with Crippen LogP contribution in [0, 0.1) is 13.8 Å². The van der Waals surface area contributed by atoms with Gasteiger partial charge in [0.25, 0.3) is 0 Å². The monoisotopic (exact) mass is 477 g/mol. The molecule has 2 fully saturated rings. The number of amides is 1. The maximum Gasteiger partial charge on any atom is 0.220 e. The molecular formula is C30H39NO4. The highest BCUT2D eigenvalue weighted by Crippen LogP contribution is 2.50. The predicted molar refractivity (Wildman–Crippen MR) is 137 cm³/mol. The van der Waals surface area contributed by atoms with Gasteiger partial charge in [0.15, 0.2) is 11.5 Å². The minimum absolute atomic E-state index is 0.0169. The van der Waals surface area contributed by atoms with Crippen molar-refractivity contribution in [2.45, 2.75) is 102 Å². The van der Waals surface area contributed by atoms with Gasteiger partial charge in [-0.2, -0.15) is 0 Å². The zero-order chi connectivity index (χ0) is 24.4. The van der Waals surface area contributed by atoms with Gasteiger partial charge in [0, 0.05) is 18.4 Å². The molecule has 1 aliphatic heterocycles. The molecular weight excluding hydrogens is 438 g/mol. The van der Waals surface area contributed by atoms with E-state index in [9.17, 15) is 4.79 Å². The number of carbonyl (C=O) groups excluding carboxylic acids is 1. The number of ether oxygens (including phenoxy) is 3. The summed E-state index contributed by atoms with van der Waals surface area (Å²) in [5.41, 5.74) is 4.53. The van der Waals surface area contributed by atoms with Crippen LogP contribution < -0.4 is 19.5 Å². The fourth-order valence-electron chi connectivity index (χ4n) is 6.06. The standard InChI is InChI=1S/C30H39NO4/c1-20-17-21(2)28-24(18-20)25(19-30(35-28)15-8-16-30)31-27(32)14-7-10-22-9-6-13-26(33-3)29(22)34-23-11-4-5-12-23/h6,9,13,17-18,23,25H,4-5,7-8,10-12,14-16,19H2,1-3H3,(H,31,32). The molecule has 0 bridgehead atoms. The largest absolute Gasteiger partial charge is 0.493 e. The lowest BCUT2D eigenvalue weighted by atomic mass is 9.72. The second-order valence-electron chi connectivity index (χ2n) is 10.8. The number of methoxy groups -OCH3 is 1. The third-order valence-electron chi connectivity index (χ3n) is 8.03. The molecule has 3 aliphatic rings. The quantitative estimate of drug-likeness (QED) is 0.470. The maximum atomic E-state index is 13.1. The van der Waals surface area contributed by atoms with Gasteiger partial charge in [-0.15, -0.1) is 0 Å². The molecule has 1 N–H and O–H groups in total. The van der Waals surface area contributed by atoms with E-state index in [-0.39, 0.29) is 23.7 Å². The van der Waals surface area contributed by atoms with Crippen molar-refractivity contribution in [3.63, 3.8) is 0 Å². The molecule has 5 heteroatoms. The molecule has 1 unspecified atom stereocenters. The zero-order valence-corrected chi connectivity index (χ0v) is 21.5. The Hall–Kier alpha value is -2.69. The lowest BCUT2D eigenvalue weighted by Crippen LogP contribution is -2.50. The van der Waals surface area contributed by atoms with Gasteiger partial charge in [-0.05, 0) is 88.8 Å². The number of rotatable bonds is 8. The van der Waals surface area contributed by atoms with Crippen LogP contribution >= 0.6 is 0 Å². The van der Waals surface area contributed by atoms with Crippen molar-refractivity contribution >= 4 is 5.91 Å². The molecule has 1 amide bonds. The average Bonchev–Trinajstić information content (AvgIpc) is 3.32. The topological polar surface area (TPSA) is 56.8 Å². The number of fused-ring (bicyclic) bond motifs is 1. The van der Waals surface area contributed by atoms with E-state index in [0.717, 1.165) is 78.9 Å². The maximum absolute atomic E-state index is 13.1. The van der Waals surface area contributed by atoms with E-state index < -0.39 is 0 Å². The summed E-state index contributed by atoms with van der Waals surface area (Å²) in [7, 11) is 1.69. The van der Waals surface area contributed by atoms with Crippen molar-refractivity contribution < 1.29 is 19.0 Å². The Labute approximate surface area is 209 Å². The van der Waals surface area contributed by atoms with Gasteiger partial charge in [-0.25, -0.2) is 0 Å². The van der Waals surface area contributed by atoms with Crippen LogP contribution in [-0.2, 0) is 11.2 Å². The fourth-order valence-corrected chi connectivity index (χ4v) is 6.06.